The standard InChI is InChI=1S/C15H32N4/c1-13(2)7-8-17-15(16-4)18-11-14(3)12-19-9-5-6-10-19/h13-14H,5-12H2,1-4H3,(H2,16,17,18). The van der Waals surface area contributed by atoms with Gasteiger partial charge in [0.1, 0.15) is 0 Å². The molecule has 1 unspecified atom stereocenters. The minimum absolute atomic E-state index is 0.668. The Morgan fingerprint density at radius 2 is 1.84 bits per heavy atom. The van der Waals surface area contributed by atoms with Gasteiger partial charge >= 0.3 is 0 Å². The third-order valence-electron chi connectivity index (χ3n) is 3.62. The number of hydrogen-bond donors (Lipinski definition) is 2. The normalized spacial score (nSPS) is 18.9. The quantitative estimate of drug-likeness (QED) is 0.547. The van der Waals surface area contributed by atoms with E-state index in [-0.39, 0.29) is 0 Å². The molecule has 0 aromatic heterocycles. The van der Waals surface area contributed by atoms with E-state index >= 15 is 0 Å². The Hall–Kier alpha value is -0.770. The van der Waals surface area contributed by atoms with E-state index < -0.39 is 0 Å². The molecule has 19 heavy (non-hydrogen) atoms. The molecule has 1 saturated heterocycles. The topological polar surface area (TPSA) is 39.7 Å². The molecular weight excluding hydrogens is 236 g/mol. The first-order chi connectivity index (χ1) is 9.11. The zero-order valence-electron chi connectivity index (χ0n) is 13.2. The van der Waals surface area contributed by atoms with Crippen LogP contribution < -0.4 is 10.6 Å². The van der Waals surface area contributed by atoms with Crippen LogP contribution in [-0.4, -0.2) is 50.6 Å². The molecule has 0 aromatic carbocycles. The van der Waals surface area contributed by atoms with Gasteiger partial charge < -0.3 is 15.5 Å². The lowest BCUT2D eigenvalue weighted by Crippen LogP contribution is -2.41. The molecule has 2 N–H and O–H groups in total. The maximum Gasteiger partial charge on any atom is 0.190 e. The summed E-state index contributed by atoms with van der Waals surface area (Å²) in [7, 11) is 1.84. The Bertz CT molecular complexity index is 257. The zero-order chi connectivity index (χ0) is 14.1. The van der Waals surface area contributed by atoms with Gasteiger partial charge in [-0.3, -0.25) is 4.99 Å². The van der Waals surface area contributed by atoms with Crippen molar-refractivity contribution in [3.63, 3.8) is 0 Å². The van der Waals surface area contributed by atoms with Crippen molar-refractivity contribution in [3.05, 3.63) is 0 Å². The maximum absolute atomic E-state index is 4.27. The van der Waals surface area contributed by atoms with Crippen LogP contribution in [0.2, 0.25) is 0 Å². The first-order valence-electron chi connectivity index (χ1n) is 7.78. The van der Waals surface area contributed by atoms with Crippen LogP contribution in [0, 0.1) is 11.8 Å². The van der Waals surface area contributed by atoms with Gasteiger partial charge in [-0.25, -0.2) is 0 Å². The van der Waals surface area contributed by atoms with E-state index in [1.807, 2.05) is 7.05 Å². The predicted octanol–water partition coefficient (Wildman–Crippen LogP) is 1.93. The summed E-state index contributed by atoms with van der Waals surface area (Å²) in [5, 5.41) is 6.80. The number of rotatable bonds is 7. The summed E-state index contributed by atoms with van der Waals surface area (Å²) in [4.78, 5) is 6.84. The van der Waals surface area contributed by atoms with Gasteiger partial charge in [-0.2, -0.15) is 0 Å². The van der Waals surface area contributed by atoms with Gasteiger partial charge in [-0.15, -0.1) is 0 Å². The lowest BCUT2D eigenvalue weighted by Gasteiger charge is -2.21. The summed E-state index contributed by atoms with van der Waals surface area (Å²) in [5.41, 5.74) is 0. The molecule has 112 valence electrons. The number of nitrogens with zero attached hydrogens (tertiary/aromatic N) is 2. The highest BCUT2D eigenvalue weighted by molar-refractivity contribution is 5.79. The fraction of sp³-hybridized carbons (Fsp3) is 0.933. The summed E-state index contributed by atoms with van der Waals surface area (Å²) in [5.74, 6) is 2.34. The molecule has 1 aliphatic heterocycles. The van der Waals surface area contributed by atoms with Gasteiger partial charge in [0.15, 0.2) is 5.96 Å². The van der Waals surface area contributed by atoms with Crippen molar-refractivity contribution < 1.29 is 0 Å². The molecular formula is C15H32N4. The highest BCUT2D eigenvalue weighted by Crippen LogP contribution is 2.09. The largest absolute Gasteiger partial charge is 0.356 e. The monoisotopic (exact) mass is 268 g/mol. The Labute approximate surface area is 119 Å². The van der Waals surface area contributed by atoms with Gasteiger partial charge in [0, 0.05) is 26.7 Å². The average Bonchev–Trinajstić information content (AvgIpc) is 2.85. The van der Waals surface area contributed by atoms with Crippen LogP contribution in [0.1, 0.15) is 40.0 Å². The molecule has 1 aliphatic rings. The molecule has 4 nitrogen and oxygen atoms in total. The van der Waals surface area contributed by atoms with Crippen LogP contribution in [-0.2, 0) is 0 Å². The van der Waals surface area contributed by atoms with E-state index in [9.17, 15) is 0 Å². The second-order valence-electron chi connectivity index (χ2n) is 6.18. The number of guanidine groups is 1. The molecule has 0 saturated carbocycles. The Balaban J connectivity index is 2.13. The van der Waals surface area contributed by atoms with Crippen LogP contribution in [0.4, 0.5) is 0 Å². The Morgan fingerprint density at radius 3 is 2.42 bits per heavy atom. The van der Waals surface area contributed by atoms with Gasteiger partial charge in [0.2, 0.25) is 0 Å². The zero-order valence-corrected chi connectivity index (χ0v) is 13.2. The summed E-state index contributed by atoms with van der Waals surface area (Å²) in [6.45, 7) is 12.6. The highest BCUT2D eigenvalue weighted by atomic mass is 15.2. The van der Waals surface area contributed by atoms with Gasteiger partial charge in [-0.1, -0.05) is 20.8 Å². The van der Waals surface area contributed by atoms with E-state index in [0.29, 0.717) is 5.92 Å². The van der Waals surface area contributed by atoms with Crippen LogP contribution >= 0.6 is 0 Å². The molecule has 1 heterocycles. The maximum atomic E-state index is 4.27. The van der Waals surface area contributed by atoms with Crippen LogP contribution in [0.25, 0.3) is 0 Å². The molecule has 0 aromatic rings. The summed E-state index contributed by atoms with van der Waals surface area (Å²) in [6, 6.07) is 0. The Kier molecular flexibility index (Phi) is 7.87. The minimum Gasteiger partial charge on any atom is -0.356 e. The van der Waals surface area contributed by atoms with E-state index in [2.05, 4.69) is 41.3 Å². The smallest absolute Gasteiger partial charge is 0.190 e. The molecule has 4 heteroatoms. The predicted molar refractivity (Wildman–Crippen MR) is 83.7 cm³/mol. The number of aliphatic imine (C=N–C) groups is 1. The van der Waals surface area contributed by atoms with Crippen molar-refractivity contribution in [2.75, 3.05) is 39.8 Å². The van der Waals surface area contributed by atoms with Crippen molar-refractivity contribution in [1.82, 2.24) is 15.5 Å². The van der Waals surface area contributed by atoms with Crippen molar-refractivity contribution in [2.45, 2.75) is 40.0 Å². The van der Waals surface area contributed by atoms with Gasteiger partial charge in [0.25, 0.3) is 0 Å². The van der Waals surface area contributed by atoms with Crippen molar-refractivity contribution >= 4 is 5.96 Å². The molecule has 0 bridgehead atoms. The molecule has 0 radical (unpaired) electrons. The van der Waals surface area contributed by atoms with Crippen molar-refractivity contribution in [2.24, 2.45) is 16.8 Å². The minimum atomic E-state index is 0.668. The second kappa shape index (κ2) is 9.18. The van der Waals surface area contributed by atoms with Crippen LogP contribution in [0.3, 0.4) is 0 Å². The first kappa shape index (κ1) is 16.3. The summed E-state index contributed by atoms with van der Waals surface area (Å²) in [6.07, 6.45) is 3.93. The molecule has 1 fully saturated rings. The number of hydrogen-bond acceptors (Lipinski definition) is 2. The van der Waals surface area contributed by atoms with Crippen LogP contribution in [0.5, 0.6) is 0 Å². The lowest BCUT2D eigenvalue weighted by atomic mass is 10.1. The molecule has 0 amide bonds. The number of nitrogens with one attached hydrogen (secondary N) is 2. The van der Waals surface area contributed by atoms with E-state index in [4.69, 9.17) is 0 Å². The Morgan fingerprint density at radius 1 is 1.16 bits per heavy atom. The molecule has 0 spiro atoms. The van der Waals surface area contributed by atoms with Gasteiger partial charge in [-0.05, 0) is 44.2 Å². The first-order valence-corrected chi connectivity index (χ1v) is 7.78. The molecule has 0 aliphatic carbocycles. The number of likely N-dealkylation sites (tertiary alicyclic amines) is 1. The second-order valence-corrected chi connectivity index (χ2v) is 6.18. The van der Waals surface area contributed by atoms with Gasteiger partial charge in [0.05, 0.1) is 0 Å². The third kappa shape index (κ3) is 7.41. The highest BCUT2D eigenvalue weighted by Gasteiger charge is 2.14. The average molecular weight is 268 g/mol. The fourth-order valence-electron chi connectivity index (χ4n) is 2.44. The van der Waals surface area contributed by atoms with Crippen molar-refractivity contribution in [1.29, 1.82) is 0 Å². The molecule has 1 atom stereocenters. The fourth-order valence-corrected chi connectivity index (χ4v) is 2.44. The van der Waals surface area contributed by atoms with E-state index in [1.165, 1.54) is 38.9 Å². The SMILES string of the molecule is CN=C(NCCC(C)C)NCC(C)CN1CCCC1. The lowest BCUT2D eigenvalue weighted by molar-refractivity contribution is 0.287. The van der Waals surface area contributed by atoms with E-state index in [0.717, 1.165) is 25.0 Å². The molecule has 1 rings (SSSR count). The third-order valence-corrected chi connectivity index (χ3v) is 3.62. The van der Waals surface area contributed by atoms with Crippen molar-refractivity contribution in [3.8, 4) is 0 Å². The van der Waals surface area contributed by atoms with Crippen LogP contribution in [0.15, 0.2) is 4.99 Å². The van der Waals surface area contributed by atoms with E-state index in [1.54, 1.807) is 0 Å². The summed E-state index contributed by atoms with van der Waals surface area (Å²) >= 11 is 0. The summed E-state index contributed by atoms with van der Waals surface area (Å²) < 4.78 is 0.